The number of β-amino-alcohol motifs (C(OH)–C–C–N with tert-alkyl or cyclic N) is 1. The maximum absolute atomic E-state index is 12.7. The third-order valence-corrected chi connectivity index (χ3v) is 4.40. The number of amides is 1. The highest BCUT2D eigenvalue weighted by Gasteiger charge is 2.35. The highest BCUT2D eigenvalue weighted by Crippen LogP contribution is 2.34. The van der Waals surface area contributed by atoms with Crippen LogP contribution in [0.25, 0.3) is 0 Å². The standard InChI is InChI=1S/C19H22N2O3/c1-24-17-7-4-5-14(11-17)18-12-16(22)13-21(18)19(23)9-8-15-6-2-3-10-20-15/h2-7,10-11,16,18,22H,8-9,12-13H2,1H3/t16-,18-/m0/s1. The fraction of sp³-hybridized carbons (Fsp3) is 0.368. The Morgan fingerprint density at radius 1 is 1.33 bits per heavy atom. The molecule has 5 heteroatoms. The number of hydrogen-bond donors (Lipinski definition) is 1. The molecule has 3 rings (SSSR count). The van der Waals surface area contributed by atoms with Crippen LogP contribution >= 0.6 is 0 Å². The first kappa shape index (κ1) is 16.5. The molecule has 2 aromatic rings. The summed E-state index contributed by atoms with van der Waals surface area (Å²) in [5.41, 5.74) is 1.90. The lowest BCUT2D eigenvalue weighted by Crippen LogP contribution is -2.32. The lowest BCUT2D eigenvalue weighted by Gasteiger charge is -2.25. The van der Waals surface area contributed by atoms with Gasteiger partial charge in [-0.2, -0.15) is 0 Å². The van der Waals surface area contributed by atoms with Crippen molar-refractivity contribution < 1.29 is 14.6 Å². The van der Waals surface area contributed by atoms with Gasteiger partial charge in [-0.05, 0) is 42.7 Å². The zero-order valence-electron chi connectivity index (χ0n) is 13.8. The molecule has 0 spiro atoms. The van der Waals surface area contributed by atoms with Crippen molar-refractivity contribution in [3.05, 3.63) is 59.9 Å². The monoisotopic (exact) mass is 326 g/mol. The molecule has 5 nitrogen and oxygen atoms in total. The summed E-state index contributed by atoms with van der Waals surface area (Å²) in [6, 6.07) is 13.3. The van der Waals surface area contributed by atoms with Crippen molar-refractivity contribution in [2.75, 3.05) is 13.7 Å². The van der Waals surface area contributed by atoms with Crippen LogP contribution in [0, 0.1) is 0 Å². The number of rotatable bonds is 5. The van der Waals surface area contributed by atoms with Gasteiger partial charge in [0, 0.05) is 24.9 Å². The molecular weight excluding hydrogens is 304 g/mol. The first-order valence-electron chi connectivity index (χ1n) is 8.19. The summed E-state index contributed by atoms with van der Waals surface area (Å²) in [6.07, 6.45) is 2.81. The summed E-state index contributed by atoms with van der Waals surface area (Å²) in [5.74, 6) is 0.805. The molecule has 1 N–H and O–H groups in total. The largest absolute Gasteiger partial charge is 0.497 e. The third-order valence-electron chi connectivity index (χ3n) is 4.40. The summed E-state index contributed by atoms with van der Waals surface area (Å²) >= 11 is 0. The van der Waals surface area contributed by atoms with Gasteiger partial charge < -0.3 is 14.7 Å². The number of ether oxygens (including phenoxy) is 1. The molecule has 1 saturated heterocycles. The minimum Gasteiger partial charge on any atom is -0.497 e. The van der Waals surface area contributed by atoms with Gasteiger partial charge in [0.05, 0.1) is 19.3 Å². The van der Waals surface area contributed by atoms with Gasteiger partial charge in [-0.3, -0.25) is 9.78 Å². The predicted octanol–water partition coefficient (Wildman–Crippen LogP) is 2.36. The SMILES string of the molecule is COc1cccc([C@@H]2C[C@H](O)CN2C(=O)CCc2ccccn2)c1. The number of pyridine rings is 1. The van der Waals surface area contributed by atoms with E-state index in [4.69, 9.17) is 4.74 Å². The van der Waals surface area contributed by atoms with E-state index in [1.807, 2.05) is 42.5 Å². The second kappa shape index (κ2) is 7.45. The van der Waals surface area contributed by atoms with Crippen molar-refractivity contribution >= 4 is 5.91 Å². The van der Waals surface area contributed by atoms with Crippen LogP contribution in [0.4, 0.5) is 0 Å². The molecule has 1 aliphatic rings. The van der Waals surface area contributed by atoms with E-state index in [2.05, 4.69) is 4.98 Å². The lowest BCUT2D eigenvalue weighted by molar-refractivity contribution is -0.132. The van der Waals surface area contributed by atoms with Gasteiger partial charge in [0.1, 0.15) is 5.75 Å². The summed E-state index contributed by atoms with van der Waals surface area (Å²) in [7, 11) is 1.62. The summed E-state index contributed by atoms with van der Waals surface area (Å²) < 4.78 is 5.27. The number of aliphatic hydroxyl groups excluding tert-OH is 1. The van der Waals surface area contributed by atoms with Gasteiger partial charge >= 0.3 is 0 Å². The second-order valence-electron chi connectivity index (χ2n) is 6.05. The summed E-state index contributed by atoms with van der Waals surface area (Å²) in [6.45, 7) is 0.378. The maximum Gasteiger partial charge on any atom is 0.223 e. The number of carbonyl (C=O) groups excluding carboxylic acids is 1. The highest BCUT2D eigenvalue weighted by molar-refractivity contribution is 5.77. The zero-order chi connectivity index (χ0) is 16.9. The molecule has 1 amide bonds. The Kier molecular flexibility index (Phi) is 5.11. The third kappa shape index (κ3) is 3.74. The van der Waals surface area contributed by atoms with E-state index < -0.39 is 6.10 Å². The smallest absolute Gasteiger partial charge is 0.223 e. The minimum absolute atomic E-state index is 0.0463. The topological polar surface area (TPSA) is 62.7 Å². The van der Waals surface area contributed by atoms with Gasteiger partial charge in [-0.1, -0.05) is 18.2 Å². The van der Waals surface area contributed by atoms with Crippen LogP contribution in [-0.2, 0) is 11.2 Å². The molecule has 1 fully saturated rings. The molecule has 0 saturated carbocycles. The van der Waals surface area contributed by atoms with Crippen LogP contribution in [0.2, 0.25) is 0 Å². The number of methoxy groups -OCH3 is 1. The molecule has 1 aliphatic heterocycles. The molecule has 0 unspecified atom stereocenters. The lowest BCUT2D eigenvalue weighted by atomic mass is 10.0. The molecule has 0 bridgehead atoms. The van der Waals surface area contributed by atoms with Crippen molar-refractivity contribution in [2.24, 2.45) is 0 Å². The van der Waals surface area contributed by atoms with Crippen LogP contribution in [-0.4, -0.2) is 40.7 Å². The van der Waals surface area contributed by atoms with E-state index in [1.54, 1.807) is 18.2 Å². The van der Waals surface area contributed by atoms with Crippen molar-refractivity contribution in [1.82, 2.24) is 9.88 Å². The molecule has 0 radical (unpaired) electrons. The maximum atomic E-state index is 12.7. The molecular formula is C19H22N2O3. The van der Waals surface area contributed by atoms with Gasteiger partial charge in [0.25, 0.3) is 0 Å². The number of benzene rings is 1. The van der Waals surface area contributed by atoms with Crippen molar-refractivity contribution in [3.63, 3.8) is 0 Å². The first-order chi connectivity index (χ1) is 11.7. The van der Waals surface area contributed by atoms with Crippen LogP contribution in [0.15, 0.2) is 48.7 Å². The molecule has 1 aromatic heterocycles. The van der Waals surface area contributed by atoms with Gasteiger partial charge in [-0.25, -0.2) is 0 Å². The number of nitrogens with zero attached hydrogens (tertiary/aromatic N) is 2. The van der Waals surface area contributed by atoms with Gasteiger partial charge in [-0.15, -0.1) is 0 Å². The molecule has 1 aromatic carbocycles. The fourth-order valence-electron chi connectivity index (χ4n) is 3.18. The number of aliphatic hydroxyl groups is 1. The average Bonchev–Trinajstić information content (AvgIpc) is 3.02. The van der Waals surface area contributed by atoms with Crippen molar-refractivity contribution in [1.29, 1.82) is 0 Å². The van der Waals surface area contributed by atoms with Crippen molar-refractivity contribution in [3.8, 4) is 5.75 Å². The Balaban J connectivity index is 1.71. The van der Waals surface area contributed by atoms with Crippen LogP contribution in [0.5, 0.6) is 5.75 Å². The quantitative estimate of drug-likeness (QED) is 0.916. The Morgan fingerprint density at radius 2 is 2.21 bits per heavy atom. The van der Waals surface area contributed by atoms with Crippen LogP contribution < -0.4 is 4.74 Å². The number of carbonyl (C=O) groups is 1. The van der Waals surface area contributed by atoms with E-state index in [0.29, 0.717) is 25.8 Å². The minimum atomic E-state index is -0.486. The van der Waals surface area contributed by atoms with E-state index >= 15 is 0 Å². The molecule has 126 valence electrons. The summed E-state index contributed by atoms with van der Waals surface area (Å²) in [4.78, 5) is 18.7. The molecule has 24 heavy (non-hydrogen) atoms. The number of likely N-dealkylation sites (tertiary alicyclic amines) is 1. The van der Waals surface area contributed by atoms with Crippen LogP contribution in [0.3, 0.4) is 0 Å². The number of hydrogen-bond acceptors (Lipinski definition) is 4. The number of aryl methyl sites for hydroxylation is 1. The average molecular weight is 326 g/mol. The van der Waals surface area contributed by atoms with Crippen LogP contribution in [0.1, 0.15) is 30.1 Å². The van der Waals surface area contributed by atoms with E-state index in [1.165, 1.54) is 0 Å². The Hall–Kier alpha value is -2.40. The van der Waals surface area contributed by atoms with E-state index in [9.17, 15) is 9.90 Å². The Labute approximate surface area is 141 Å². The zero-order valence-corrected chi connectivity index (χ0v) is 13.8. The molecule has 2 atom stereocenters. The Morgan fingerprint density at radius 3 is 2.96 bits per heavy atom. The summed E-state index contributed by atoms with van der Waals surface area (Å²) in [5, 5.41) is 10.1. The predicted molar refractivity (Wildman–Crippen MR) is 90.6 cm³/mol. The molecule has 2 heterocycles. The van der Waals surface area contributed by atoms with E-state index in [0.717, 1.165) is 17.0 Å². The van der Waals surface area contributed by atoms with E-state index in [-0.39, 0.29) is 11.9 Å². The van der Waals surface area contributed by atoms with Gasteiger partial charge in [0.2, 0.25) is 5.91 Å². The first-order valence-corrected chi connectivity index (χ1v) is 8.19. The molecule has 0 aliphatic carbocycles. The number of aromatic nitrogens is 1. The normalized spacial score (nSPS) is 20.2. The Bertz CT molecular complexity index is 690. The van der Waals surface area contributed by atoms with Gasteiger partial charge in [0.15, 0.2) is 0 Å². The highest BCUT2D eigenvalue weighted by atomic mass is 16.5. The van der Waals surface area contributed by atoms with Crippen molar-refractivity contribution in [2.45, 2.75) is 31.4 Å². The second-order valence-corrected chi connectivity index (χ2v) is 6.05. The fourth-order valence-corrected chi connectivity index (χ4v) is 3.18.